The number of nitrogens with zero attached hydrogens (tertiary/aromatic N) is 2. The number of hydrogen-bond donors (Lipinski definition) is 2. The fourth-order valence-electron chi connectivity index (χ4n) is 3.56. The zero-order chi connectivity index (χ0) is 22.7. The van der Waals surface area contributed by atoms with E-state index in [1.165, 1.54) is 22.8 Å². The number of ether oxygens (including phenoxy) is 1. The Kier molecular flexibility index (Phi) is 6.40. The predicted molar refractivity (Wildman–Crippen MR) is 120 cm³/mol. The molecule has 3 heterocycles. The van der Waals surface area contributed by atoms with Gasteiger partial charge >= 0.3 is 5.97 Å². The first-order chi connectivity index (χ1) is 15.4. The average molecular weight is 475 g/mol. The third-order valence-electron chi connectivity index (χ3n) is 5.25. The Morgan fingerprint density at radius 1 is 1.28 bits per heavy atom. The van der Waals surface area contributed by atoms with Crippen LogP contribution >= 0.6 is 11.3 Å². The van der Waals surface area contributed by atoms with Gasteiger partial charge in [-0.05, 0) is 31.0 Å². The number of anilines is 1. The minimum absolute atomic E-state index is 0.127. The first-order valence-electron chi connectivity index (χ1n) is 9.97. The molecular weight excluding hydrogens is 452 g/mol. The summed E-state index contributed by atoms with van der Waals surface area (Å²) in [6.45, 7) is 0.514. The van der Waals surface area contributed by atoms with Crippen LogP contribution in [0, 0.1) is 5.92 Å². The van der Waals surface area contributed by atoms with Crippen LogP contribution in [0.4, 0.5) is 5.13 Å². The van der Waals surface area contributed by atoms with Gasteiger partial charge in [0, 0.05) is 30.2 Å². The molecule has 1 aromatic carbocycles. The Morgan fingerprint density at radius 2 is 2.06 bits per heavy atom. The van der Waals surface area contributed by atoms with E-state index in [-0.39, 0.29) is 17.3 Å². The van der Waals surface area contributed by atoms with Gasteiger partial charge in [-0.3, -0.25) is 4.79 Å². The van der Waals surface area contributed by atoms with E-state index in [1.807, 2.05) is 0 Å². The van der Waals surface area contributed by atoms with Gasteiger partial charge in [0.25, 0.3) is 0 Å². The van der Waals surface area contributed by atoms with Crippen LogP contribution in [-0.2, 0) is 19.6 Å². The molecule has 0 radical (unpaired) electrons. The second-order valence-corrected chi connectivity index (χ2v) is 10.1. The van der Waals surface area contributed by atoms with Crippen LogP contribution in [0.2, 0.25) is 0 Å². The normalized spacial score (nSPS) is 17.1. The molecule has 0 bridgehead atoms. The van der Waals surface area contributed by atoms with Gasteiger partial charge in [-0.2, -0.15) is 4.31 Å². The number of aromatic amines is 1. The number of methoxy groups -OCH3 is 1. The molecule has 2 N–H and O–H groups in total. The maximum Gasteiger partial charge on any atom is 0.354 e. The zero-order valence-electron chi connectivity index (χ0n) is 17.3. The van der Waals surface area contributed by atoms with Gasteiger partial charge in [0.15, 0.2) is 5.13 Å². The van der Waals surface area contributed by atoms with Crippen molar-refractivity contribution in [2.45, 2.75) is 17.7 Å². The summed E-state index contributed by atoms with van der Waals surface area (Å²) in [5, 5.41) is 4.98. The summed E-state index contributed by atoms with van der Waals surface area (Å²) in [5.74, 6) is -1.21. The van der Waals surface area contributed by atoms with E-state index in [0.29, 0.717) is 41.5 Å². The highest BCUT2D eigenvalue weighted by molar-refractivity contribution is 7.89. The maximum absolute atomic E-state index is 12.9. The lowest BCUT2D eigenvalue weighted by atomic mass is 9.99. The molecule has 1 amide bonds. The molecule has 11 heteroatoms. The second-order valence-electron chi connectivity index (χ2n) is 7.34. The predicted octanol–water partition coefficient (Wildman–Crippen LogP) is 2.96. The number of amides is 1. The highest BCUT2D eigenvalue weighted by Crippen LogP contribution is 2.28. The molecule has 0 saturated carbocycles. The SMILES string of the molecule is COC(=O)c1cc(-c2csc(NC(=O)C3CCCN(S(=O)(=O)c4ccccc4)C3)n2)c[nH]1. The second kappa shape index (κ2) is 9.23. The number of thiazole rings is 1. The molecule has 32 heavy (non-hydrogen) atoms. The molecule has 1 aliphatic heterocycles. The van der Waals surface area contributed by atoms with Crippen molar-refractivity contribution in [3.63, 3.8) is 0 Å². The molecule has 0 spiro atoms. The van der Waals surface area contributed by atoms with E-state index in [4.69, 9.17) is 0 Å². The zero-order valence-corrected chi connectivity index (χ0v) is 18.9. The van der Waals surface area contributed by atoms with Crippen molar-refractivity contribution >= 4 is 38.4 Å². The van der Waals surface area contributed by atoms with Gasteiger partial charge in [0.2, 0.25) is 15.9 Å². The number of sulfonamides is 1. The maximum atomic E-state index is 12.9. The van der Waals surface area contributed by atoms with Gasteiger partial charge in [-0.15, -0.1) is 11.3 Å². The van der Waals surface area contributed by atoms with Crippen molar-refractivity contribution < 1.29 is 22.7 Å². The molecule has 9 nitrogen and oxygen atoms in total. The summed E-state index contributed by atoms with van der Waals surface area (Å²) in [5.41, 5.74) is 1.61. The summed E-state index contributed by atoms with van der Waals surface area (Å²) < 4.78 is 31.8. The highest BCUT2D eigenvalue weighted by atomic mass is 32.2. The van der Waals surface area contributed by atoms with Crippen molar-refractivity contribution in [3.05, 3.63) is 53.7 Å². The van der Waals surface area contributed by atoms with E-state index >= 15 is 0 Å². The van der Waals surface area contributed by atoms with Crippen LogP contribution in [0.15, 0.2) is 52.9 Å². The Hall–Kier alpha value is -3.02. The van der Waals surface area contributed by atoms with Crippen LogP contribution in [0.5, 0.6) is 0 Å². The number of aromatic nitrogens is 2. The fourth-order valence-corrected chi connectivity index (χ4v) is 5.82. The number of esters is 1. The number of hydrogen-bond acceptors (Lipinski definition) is 7. The molecule has 1 atom stereocenters. The van der Waals surface area contributed by atoms with Gasteiger partial charge < -0.3 is 15.0 Å². The van der Waals surface area contributed by atoms with Crippen molar-refractivity contribution in [1.29, 1.82) is 0 Å². The monoisotopic (exact) mass is 474 g/mol. The molecule has 1 unspecified atom stereocenters. The molecule has 1 saturated heterocycles. The number of piperidine rings is 1. The number of H-pyrrole nitrogens is 1. The Bertz CT molecular complexity index is 1220. The van der Waals surface area contributed by atoms with Crippen LogP contribution in [0.3, 0.4) is 0 Å². The minimum Gasteiger partial charge on any atom is -0.464 e. The first-order valence-corrected chi connectivity index (χ1v) is 12.3. The minimum atomic E-state index is -3.64. The van der Waals surface area contributed by atoms with Crippen molar-refractivity contribution in [2.75, 3.05) is 25.5 Å². The van der Waals surface area contributed by atoms with Crippen LogP contribution in [-0.4, -0.2) is 54.8 Å². The smallest absolute Gasteiger partial charge is 0.354 e. The number of carbonyl (C=O) groups is 2. The summed E-state index contributed by atoms with van der Waals surface area (Å²) >= 11 is 1.26. The Labute approximate surface area is 189 Å². The number of rotatable bonds is 6. The average Bonchev–Trinajstić information content (AvgIpc) is 3.49. The molecule has 1 aliphatic rings. The van der Waals surface area contributed by atoms with Gasteiger partial charge in [0.05, 0.1) is 23.6 Å². The molecule has 0 aliphatic carbocycles. The molecular formula is C21H22N4O5S2. The Morgan fingerprint density at radius 3 is 2.81 bits per heavy atom. The first kappa shape index (κ1) is 22.2. The van der Waals surface area contributed by atoms with Gasteiger partial charge in [-0.25, -0.2) is 18.2 Å². The van der Waals surface area contributed by atoms with Crippen LogP contribution in [0.25, 0.3) is 11.3 Å². The number of benzene rings is 1. The topological polar surface area (TPSA) is 121 Å². The van der Waals surface area contributed by atoms with Crippen molar-refractivity contribution in [2.24, 2.45) is 5.92 Å². The highest BCUT2D eigenvalue weighted by Gasteiger charge is 2.33. The van der Waals surface area contributed by atoms with E-state index < -0.39 is 21.9 Å². The van der Waals surface area contributed by atoms with Crippen molar-refractivity contribution in [1.82, 2.24) is 14.3 Å². The number of nitrogens with one attached hydrogen (secondary N) is 2. The van der Waals surface area contributed by atoms with E-state index in [1.54, 1.807) is 48.0 Å². The van der Waals surface area contributed by atoms with Crippen LogP contribution in [0.1, 0.15) is 23.3 Å². The van der Waals surface area contributed by atoms with Crippen molar-refractivity contribution in [3.8, 4) is 11.3 Å². The van der Waals surface area contributed by atoms with E-state index in [0.717, 1.165) is 0 Å². The molecule has 3 aromatic rings. The lowest BCUT2D eigenvalue weighted by Gasteiger charge is -2.31. The quantitative estimate of drug-likeness (QED) is 0.530. The van der Waals surface area contributed by atoms with Gasteiger partial charge in [0.1, 0.15) is 5.69 Å². The standard InChI is InChI=1S/C21H22N4O5S2/c1-30-20(27)17-10-15(11-22-17)18-13-31-21(23-18)24-19(26)14-6-5-9-25(12-14)32(28,29)16-7-3-2-4-8-16/h2-4,7-8,10-11,13-14,22H,5-6,9,12H2,1H3,(H,23,24,26). The third kappa shape index (κ3) is 4.59. The molecule has 168 valence electrons. The summed E-state index contributed by atoms with van der Waals surface area (Å²) in [6.07, 6.45) is 2.85. The lowest BCUT2D eigenvalue weighted by molar-refractivity contribution is -0.120. The van der Waals surface area contributed by atoms with E-state index in [9.17, 15) is 18.0 Å². The summed E-state index contributed by atoms with van der Waals surface area (Å²) in [6, 6.07) is 9.86. The molecule has 2 aromatic heterocycles. The van der Waals surface area contributed by atoms with E-state index in [2.05, 4.69) is 20.0 Å². The molecule has 4 rings (SSSR count). The number of carbonyl (C=O) groups excluding carboxylic acids is 2. The third-order valence-corrected chi connectivity index (χ3v) is 7.89. The summed E-state index contributed by atoms with van der Waals surface area (Å²) in [4.78, 5) is 31.9. The Balaban J connectivity index is 1.42. The molecule has 1 fully saturated rings. The lowest BCUT2D eigenvalue weighted by Crippen LogP contribution is -2.43. The summed E-state index contributed by atoms with van der Waals surface area (Å²) in [7, 11) is -2.34. The fraction of sp³-hybridized carbons (Fsp3) is 0.286. The largest absolute Gasteiger partial charge is 0.464 e. The van der Waals surface area contributed by atoms with Gasteiger partial charge in [-0.1, -0.05) is 18.2 Å². The van der Waals surface area contributed by atoms with Crippen LogP contribution < -0.4 is 5.32 Å².